The summed E-state index contributed by atoms with van der Waals surface area (Å²) in [6.07, 6.45) is 0.649. The molecule has 0 amide bonds. The SMILES string of the molecule is COCC(N)c1noc(Cc2ccsc2)n1. The molecule has 0 spiro atoms. The van der Waals surface area contributed by atoms with Gasteiger partial charge in [-0.15, -0.1) is 0 Å². The predicted octanol–water partition coefficient (Wildman–Crippen LogP) is 1.37. The lowest BCUT2D eigenvalue weighted by molar-refractivity contribution is 0.177. The van der Waals surface area contributed by atoms with E-state index in [0.717, 1.165) is 0 Å². The number of methoxy groups -OCH3 is 1. The number of aromatic nitrogens is 2. The van der Waals surface area contributed by atoms with E-state index in [2.05, 4.69) is 15.5 Å². The smallest absolute Gasteiger partial charge is 0.231 e. The predicted molar refractivity (Wildman–Crippen MR) is 60.2 cm³/mol. The Morgan fingerprint density at radius 1 is 1.62 bits per heavy atom. The Morgan fingerprint density at radius 3 is 3.19 bits per heavy atom. The van der Waals surface area contributed by atoms with E-state index in [-0.39, 0.29) is 6.04 Å². The minimum absolute atomic E-state index is 0.329. The average Bonchev–Trinajstić information content (AvgIpc) is 2.90. The molecule has 2 aromatic heterocycles. The second-order valence-corrected chi connectivity index (χ2v) is 4.20. The van der Waals surface area contributed by atoms with Crippen LogP contribution in [0.1, 0.15) is 23.3 Å². The molecule has 0 aliphatic rings. The third-order valence-electron chi connectivity index (χ3n) is 2.10. The quantitative estimate of drug-likeness (QED) is 0.853. The van der Waals surface area contributed by atoms with Crippen molar-refractivity contribution in [3.8, 4) is 0 Å². The molecule has 0 radical (unpaired) electrons. The van der Waals surface area contributed by atoms with Gasteiger partial charge in [-0.3, -0.25) is 0 Å². The van der Waals surface area contributed by atoms with Crippen LogP contribution in [-0.2, 0) is 11.2 Å². The maximum atomic E-state index is 5.78. The van der Waals surface area contributed by atoms with Gasteiger partial charge in [-0.1, -0.05) is 5.16 Å². The first kappa shape index (κ1) is 11.3. The van der Waals surface area contributed by atoms with Gasteiger partial charge in [0.25, 0.3) is 0 Å². The third-order valence-corrected chi connectivity index (χ3v) is 2.83. The molecule has 0 bridgehead atoms. The Labute approximate surface area is 97.2 Å². The zero-order valence-electron chi connectivity index (χ0n) is 8.92. The van der Waals surface area contributed by atoms with E-state index in [1.165, 1.54) is 5.56 Å². The van der Waals surface area contributed by atoms with Crippen molar-refractivity contribution in [3.05, 3.63) is 34.1 Å². The van der Waals surface area contributed by atoms with E-state index in [9.17, 15) is 0 Å². The molecule has 2 rings (SSSR count). The molecule has 5 nitrogen and oxygen atoms in total. The van der Waals surface area contributed by atoms with E-state index in [4.69, 9.17) is 15.0 Å². The number of nitrogens with two attached hydrogens (primary N) is 1. The van der Waals surface area contributed by atoms with Crippen molar-refractivity contribution in [2.24, 2.45) is 5.73 Å². The first-order chi connectivity index (χ1) is 7.79. The molecule has 0 aliphatic carbocycles. The molecule has 2 aromatic rings. The number of ether oxygens (including phenoxy) is 1. The molecular weight excluding hydrogens is 226 g/mol. The number of nitrogens with zero attached hydrogens (tertiary/aromatic N) is 2. The van der Waals surface area contributed by atoms with Crippen molar-refractivity contribution in [2.45, 2.75) is 12.5 Å². The summed E-state index contributed by atoms with van der Waals surface area (Å²) in [6, 6.07) is 1.70. The Hall–Kier alpha value is -1.24. The second kappa shape index (κ2) is 5.20. The van der Waals surface area contributed by atoms with Gasteiger partial charge in [0.15, 0.2) is 5.82 Å². The fourth-order valence-corrected chi connectivity index (χ4v) is 1.98. The Bertz CT molecular complexity index is 427. The summed E-state index contributed by atoms with van der Waals surface area (Å²) in [5.41, 5.74) is 6.95. The van der Waals surface area contributed by atoms with Crippen LogP contribution in [0.2, 0.25) is 0 Å². The maximum absolute atomic E-state index is 5.78. The van der Waals surface area contributed by atoms with Crippen LogP contribution >= 0.6 is 11.3 Å². The minimum atomic E-state index is -0.329. The standard InChI is InChI=1S/C10H13N3O2S/c1-14-5-8(11)10-12-9(15-13-10)4-7-2-3-16-6-7/h2-3,6,8H,4-5,11H2,1H3. The molecule has 0 saturated carbocycles. The molecular formula is C10H13N3O2S. The van der Waals surface area contributed by atoms with Gasteiger partial charge in [0.2, 0.25) is 5.89 Å². The highest BCUT2D eigenvalue weighted by Crippen LogP contribution is 2.13. The van der Waals surface area contributed by atoms with E-state index in [0.29, 0.717) is 24.7 Å². The lowest BCUT2D eigenvalue weighted by atomic mass is 10.2. The molecule has 16 heavy (non-hydrogen) atoms. The normalized spacial score (nSPS) is 12.9. The zero-order chi connectivity index (χ0) is 11.4. The van der Waals surface area contributed by atoms with Crippen molar-refractivity contribution in [1.29, 1.82) is 0 Å². The first-order valence-electron chi connectivity index (χ1n) is 4.87. The molecule has 2 heterocycles. The largest absolute Gasteiger partial charge is 0.383 e. The zero-order valence-corrected chi connectivity index (χ0v) is 9.74. The van der Waals surface area contributed by atoms with Gasteiger partial charge in [0, 0.05) is 7.11 Å². The van der Waals surface area contributed by atoms with Crippen LogP contribution in [0.25, 0.3) is 0 Å². The summed E-state index contributed by atoms with van der Waals surface area (Å²) in [5, 5.41) is 7.90. The van der Waals surface area contributed by atoms with E-state index in [1.54, 1.807) is 18.4 Å². The summed E-state index contributed by atoms with van der Waals surface area (Å²) in [7, 11) is 1.59. The van der Waals surface area contributed by atoms with Crippen molar-refractivity contribution in [2.75, 3.05) is 13.7 Å². The highest BCUT2D eigenvalue weighted by atomic mass is 32.1. The van der Waals surface area contributed by atoms with Crippen LogP contribution in [0.15, 0.2) is 21.3 Å². The van der Waals surface area contributed by atoms with Gasteiger partial charge >= 0.3 is 0 Å². The highest BCUT2D eigenvalue weighted by Gasteiger charge is 2.14. The van der Waals surface area contributed by atoms with Crippen LogP contribution in [0.5, 0.6) is 0 Å². The number of thiophene rings is 1. The monoisotopic (exact) mass is 239 g/mol. The maximum Gasteiger partial charge on any atom is 0.231 e. The Balaban J connectivity index is 2.02. The van der Waals surface area contributed by atoms with Crippen molar-refractivity contribution in [3.63, 3.8) is 0 Å². The van der Waals surface area contributed by atoms with Gasteiger partial charge in [0.1, 0.15) is 0 Å². The summed E-state index contributed by atoms with van der Waals surface area (Å²) in [6.45, 7) is 0.386. The Morgan fingerprint density at radius 2 is 2.50 bits per heavy atom. The molecule has 2 N–H and O–H groups in total. The van der Waals surface area contributed by atoms with Crippen LogP contribution in [0.3, 0.4) is 0 Å². The van der Waals surface area contributed by atoms with Crippen molar-refractivity contribution >= 4 is 11.3 Å². The van der Waals surface area contributed by atoms with E-state index < -0.39 is 0 Å². The van der Waals surface area contributed by atoms with Gasteiger partial charge in [0.05, 0.1) is 19.1 Å². The number of hydrogen-bond acceptors (Lipinski definition) is 6. The lowest BCUT2D eigenvalue weighted by Crippen LogP contribution is -2.17. The van der Waals surface area contributed by atoms with Gasteiger partial charge < -0.3 is 15.0 Å². The van der Waals surface area contributed by atoms with E-state index in [1.807, 2.05) is 11.4 Å². The molecule has 1 unspecified atom stereocenters. The number of hydrogen-bond donors (Lipinski definition) is 1. The summed E-state index contributed by atoms with van der Waals surface area (Å²) < 4.78 is 10.0. The highest BCUT2D eigenvalue weighted by molar-refractivity contribution is 7.07. The number of rotatable bonds is 5. The van der Waals surface area contributed by atoms with Crippen LogP contribution < -0.4 is 5.73 Å². The lowest BCUT2D eigenvalue weighted by Gasteiger charge is -2.03. The fourth-order valence-electron chi connectivity index (χ4n) is 1.31. The molecule has 0 saturated heterocycles. The first-order valence-corrected chi connectivity index (χ1v) is 5.82. The second-order valence-electron chi connectivity index (χ2n) is 3.42. The van der Waals surface area contributed by atoms with Crippen LogP contribution in [0, 0.1) is 0 Å². The molecule has 1 atom stereocenters. The van der Waals surface area contributed by atoms with Crippen molar-refractivity contribution in [1.82, 2.24) is 10.1 Å². The van der Waals surface area contributed by atoms with Crippen LogP contribution in [0.4, 0.5) is 0 Å². The minimum Gasteiger partial charge on any atom is -0.383 e. The molecule has 86 valence electrons. The molecule has 0 aromatic carbocycles. The topological polar surface area (TPSA) is 74.2 Å². The molecule has 0 aliphatic heterocycles. The van der Waals surface area contributed by atoms with Crippen LogP contribution in [-0.4, -0.2) is 23.9 Å². The summed E-state index contributed by atoms with van der Waals surface area (Å²) >= 11 is 1.65. The summed E-state index contributed by atoms with van der Waals surface area (Å²) in [5.74, 6) is 1.08. The summed E-state index contributed by atoms with van der Waals surface area (Å²) in [4.78, 5) is 4.23. The van der Waals surface area contributed by atoms with E-state index >= 15 is 0 Å². The van der Waals surface area contributed by atoms with Gasteiger partial charge in [-0.05, 0) is 22.4 Å². The molecule has 0 fully saturated rings. The fraction of sp³-hybridized carbons (Fsp3) is 0.400. The Kier molecular flexibility index (Phi) is 3.66. The van der Waals surface area contributed by atoms with Crippen molar-refractivity contribution < 1.29 is 9.26 Å². The third kappa shape index (κ3) is 2.66. The molecule has 6 heteroatoms. The van der Waals surface area contributed by atoms with Gasteiger partial charge in [-0.2, -0.15) is 16.3 Å². The van der Waals surface area contributed by atoms with Gasteiger partial charge in [-0.25, -0.2) is 0 Å². The average molecular weight is 239 g/mol.